The van der Waals surface area contributed by atoms with E-state index in [1.165, 1.54) is 13.0 Å². The summed E-state index contributed by atoms with van der Waals surface area (Å²) in [5.41, 5.74) is -1.33. The zero-order valence-electron chi connectivity index (χ0n) is 18.4. The Morgan fingerprint density at radius 1 is 1.14 bits per heavy atom. The first-order valence-electron chi connectivity index (χ1n) is 10.5. The molecule has 0 fully saturated rings. The van der Waals surface area contributed by atoms with Gasteiger partial charge >= 0.3 is 12.4 Å². The first kappa shape index (κ1) is 25.2. The number of alkyl halides is 6. The van der Waals surface area contributed by atoms with E-state index in [0.29, 0.717) is 17.8 Å². The Morgan fingerprint density at radius 3 is 2.50 bits per heavy atom. The van der Waals surface area contributed by atoms with E-state index in [4.69, 9.17) is 4.84 Å². The van der Waals surface area contributed by atoms with Gasteiger partial charge in [0.15, 0.2) is 5.82 Å². The first-order chi connectivity index (χ1) is 16.9. The van der Waals surface area contributed by atoms with Gasteiger partial charge in [0.2, 0.25) is 0 Å². The number of carbonyl (C=O) groups excluding carboxylic acids is 1. The van der Waals surface area contributed by atoms with Crippen LogP contribution in [0.3, 0.4) is 0 Å². The fourth-order valence-corrected chi connectivity index (χ4v) is 3.66. The van der Waals surface area contributed by atoms with Crippen LogP contribution in [-0.4, -0.2) is 38.9 Å². The molecule has 0 unspecified atom stereocenters. The maximum absolute atomic E-state index is 13.2. The number of imidazole rings is 1. The minimum atomic E-state index is -4.85. The smallest absolute Gasteiger partial charge is 0.351 e. The van der Waals surface area contributed by atoms with Crippen LogP contribution in [0, 0.1) is 0 Å². The van der Waals surface area contributed by atoms with Gasteiger partial charge in [0.25, 0.3) is 11.5 Å². The minimum Gasteiger partial charge on any atom is -0.351 e. The van der Waals surface area contributed by atoms with Crippen LogP contribution in [0.4, 0.5) is 32.2 Å². The van der Waals surface area contributed by atoms with E-state index in [0.717, 1.165) is 12.5 Å². The van der Waals surface area contributed by atoms with Crippen LogP contribution in [0.5, 0.6) is 0 Å². The van der Waals surface area contributed by atoms with Crippen molar-refractivity contribution in [2.45, 2.75) is 31.8 Å². The zero-order chi connectivity index (χ0) is 26.3. The molecule has 0 spiro atoms. The van der Waals surface area contributed by atoms with Gasteiger partial charge in [-0.2, -0.15) is 26.3 Å². The van der Waals surface area contributed by atoms with Gasteiger partial charge < -0.3 is 14.9 Å². The SMILES string of the molecule is C[C@@H](ONC(=O)C1=CCN(c2ncc(C(F)(F)F)c3nc[nH]c23)CC1)c1c[nH]c(=O)c(C(F)(F)F)c1. The van der Waals surface area contributed by atoms with E-state index < -0.39 is 41.0 Å². The van der Waals surface area contributed by atoms with E-state index in [9.17, 15) is 35.9 Å². The molecule has 1 aliphatic rings. The molecular formula is C21H18F6N6O3. The molecule has 1 atom stereocenters. The Balaban J connectivity index is 1.41. The molecule has 0 bridgehead atoms. The number of H-pyrrole nitrogens is 2. The van der Waals surface area contributed by atoms with Crippen molar-refractivity contribution in [3.05, 3.63) is 63.5 Å². The number of nitrogens with one attached hydrogen (secondary N) is 3. The number of amides is 1. The van der Waals surface area contributed by atoms with Crippen LogP contribution in [-0.2, 0) is 22.0 Å². The maximum atomic E-state index is 13.2. The first-order valence-corrected chi connectivity index (χ1v) is 10.5. The molecular weight excluding hydrogens is 498 g/mol. The van der Waals surface area contributed by atoms with Crippen molar-refractivity contribution < 1.29 is 36.0 Å². The lowest BCUT2D eigenvalue weighted by Gasteiger charge is -2.27. The van der Waals surface area contributed by atoms with Crippen LogP contribution in [0.2, 0.25) is 0 Å². The molecule has 0 saturated heterocycles. The molecule has 4 rings (SSSR count). The molecule has 0 aliphatic carbocycles. The van der Waals surface area contributed by atoms with Gasteiger partial charge in [-0.1, -0.05) is 6.08 Å². The summed E-state index contributed by atoms with van der Waals surface area (Å²) in [6.45, 7) is 1.78. The van der Waals surface area contributed by atoms with Crippen molar-refractivity contribution in [3.63, 3.8) is 0 Å². The van der Waals surface area contributed by atoms with Crippen molar-refractivity contribution >= 4 is 22.8 Å². The predicted molar refractivity (Wildman–Crippen MR) is 114 cm³/mol. The van der Waals surface area contributed by atoms with E-state index in [1.807, 2.05) is 4.98 Å². The van der Waals surface area contributed by atoms with Crippen molar-refractivity contribution in [2.75, 3.05) is 18.0 Å². The Hall–Kier alpha value is -3.88. The third-order valence-corrected chi connectivity index (χ3v) is 5.57. The number of halogens is 6. The number of anilines is 1. The highest BCUT2D eigenvalue weighted by molar-refractivity contribution is 5.93. The topological polar surface area (TPSA) is 116 Å². The number of aromatic amines is 2. The summed E-state index contributed by atoms with van der Waals surface area (Å²) in [6, 6.07) is 0.640. The number of carbonyl (C=O) groups is 1. The summed E-state index contributed by atoms with van der Waals surface area (Å²) in [6.07, 6.45) is -5.85. The summed E-state index contributed by atoms with van der Waals surface area (Å²) < 4.78 is 78.4. The summed E-state index contributed by atoms with van der Waals surface area (Å²) in [7, 11) is 0. The molecule has 0 saturated carbocycles. The predicted octanol–water partition coefficient (Wildman–Crippen LogP) is 3.63. The highest BCUT2D eigenvalue weighted by atomic mass is 19.4. The van der Waals surface area contributed by atoms with Crippen LogP contribution >= 0.6 is 0 Å². The Kier molecular flexibility index (Phi) is 6.51. The fraction of sp³-hybridized carbons (Fsp3) is 0.333. The van der Waals surface area contributed by atoms with Gasteiger partial charge in [-0.15, -0.1) is 0 Å². The summed E-state index contributed by atoms with van der Waals surface area (Å²) in [5, 5.41) is 0. The number of nitrogens with zero attached hydrogens (tertiary/aromatic N) is 3. The van der Waals surface area contributed by atoms with Gasteiger partial charge in [0.1, 0.15) is 28.3 Å². The second kappa shape index (κ2) is 9.29. The van der Waals surface area contributed by atoms with Crippen molar-refractivity contribution in [2.24, 2.45) is 0 Å². The lowest BCUT2D eigenvalue weighted by atomic mass is 10.1. The molecule has 36 heavy (non-hydrogen) atoms. The Morgan fingerprint density at radius 2 is 1.86 bits per heavy atom. The van der Waals surface area contributed by atoms with Crippen molar-refractivity contribution in [1.29, 1.82) is 0 Å². The number of hydroxylamine groups is 1. The molecule has 0 aromatic carbocycles. The molecule has 3 N–H and O–H groups in total. The molecule has 15 heteroatoms. The van der Waals surface area contributed by atoms with Crippen LogP contribution < -0.4 is 15.9 Å². The van der Waals surface area contributed by atoms with Crippen molar-refractivity contribution in [3.8, 4) is 0 Å². The average Bonchev–Trinajstić information content (AvgIpc) is 3.30. The van der Waals surface area contributed by atoms with Gasteiger partial charge in [-0.25, -0.2) is 15.4 Å². The Bertz CT molecular complexity index is 1380. The molecule has 4 heterocycles. The van der Waals surface area contributed by atoms with Gasteiger partial charge in [-0.05, 0) is 19.4 Å². The molecule has 0 radical (unpaired) electrons. The number of fused-ring (bicyclic) bond motifs is 1. The third kappa shape index (κ3) is 5.05. The second-order valence-corrected chi connectivity index (χ2v) is 7.91. The quantitative estimate of drug-likeness (QED) is 0.353. The highest BCUT2D eigenvalue weighted by Crippen LogP contribution is 2.36. The highest BCUT2D eigenvalue weighted by Gasteiger charge is 2.36. The molecule has 1 aliphatic heterocycles. The van der Waals surface area contributed by atoms with E-state index in [-0.39, 0.29) is 41.9 Å². The number of hydrogen-bond acceptors (Lipinski definition) is 6. The number of rotatable bonds is 5. The molecule has 192 valence electrons. The molecule has 1 amide bonds. The van der Waals surface area contributed by atoms with Gasteiger partial charge in [-0.3, -0.25) is 14.4 Å². The Labute approximate surface area is 198 Å². The molecule has 3 aromatic heterocycles. The standard InChI is InChI=1S/C21H18F6N6O3/c1-10(12-6-13(20(22,23)24)19(35)29-7-12)36-32-18(34)11-2-4-33(5-3-11)17-16-15(30-9-31-16)14(8-28-17)21(25,26)27/h2,6-10H,3-5H2,1H3,(H,29,35)(H,30,31)(H,32,34)/t10-/m1/s1. The van der Waals surface area contributed by atoms with Crippen LogP contribution in [0.1, 0.15) is 36.1 Å². The van der Waals surface area contributed by atoms with Gasteiger partial charge in [0.05, 0.1) is 6.33 Å². The number of pyridine rings is 2. The number of hydrogen-bond donors (Lipinski definition) is 3. The van der Waals surface area contributed by atoms with Crippen LogP contribution in [0.15, 0.2) is 41.2 Å². The third-order valence-electron chi connectivity index (χ3n) is 5.57. The second-order valence-electron chi connectivity index (χ2n) is 7.91. The van der Waals surface area contributed by atoms with E-state index in [1.54, 1.807) is 4.90 Å². The average molecular weight is 516 g/mol. The molecule has 9 nitrogen and oxygen atoms in total. The lowest BCUT2D eigenvalue weighted by Crippen LogP contribution is -2.35. The zero-order valence-corrected chi connectivity index (χ0v) is 18.4. The minimum absolute atomic E-state index is 0.0111. The monoisotopic (exact) mass is 516 g/mol. The largest absolute Gasteiger partial charge is 0.421 e. The summed E-state index contributed by atoms with van der Waals surface area (Å²) in [4.78, 5) is 43.1. The number of aromatic nitrogens is 4. The maximum Gasteiger partial charge on any atom is 0.421 e. The van der Waals surface area contributed by atoms with E-state index >= 15 is 0 Å². The van der Waals surface area contributed by atoms with Gasteiger partial charge in [0, 0.05) is 36.6 Å². The summed E-state index contributed by atoms with van der Waals surface area (Å²) in [5.74, 6) is -0.386. The molecule has 3 aromatic rings. The van der Waals surface area contributed by atoms with Crippen LogP contribution in [0.25, 0.3) is 11.0 Å². The fourth-order valence-electron chi connectivity index (χ4n) is 3.66. The van der Waals surface area contributed by atoms with Crippen molar-refractivity contribution in [1.82, 2.24) is 25.4 Å². The normalized spacial score (nSPS) is 15.6. The summed E-state index contributed by atoms with van der Waals surface area (Å²) >= 11 is 0. The lowest BCUT2D eigenvalue weighted by molar-refractivity contribution is -0.139. The van der Waals surface area contributed by atoms with E-state index in [2.05, 4.69) is 20.4 Å².